The Morgan fingerprint density at radius 2 is 1.94 bits per heavy atom. The first-order valence-corrected chi connectivity index (χ1v) is 6.70. The molecule has 2 aliphatic carbocycles. The largest absolute Gasteiger partial charge is 0.398 e. The summed E-state index contributed by atoms with van der Waals surface area (Å²) in [6.07, 6.45) is 5.41. The number of hydrogen-bond acceptors (Lipinski definition) is 2. The summed E-state index contributed by atoms with van der Waals surface area (Å²) in [5.41, 5.74) is 6.19. The van der Waals surface area contributed by atoms with Crippen molar-refractivity contribution in [3.63, 3.8) is 0 Å². The maximum atomic E-state index is 11.4. The van der Waals surface area contributed by atoms with Crippen molar-refractivity contribution in [3.8, 4) is 0 Å². The lowest BCUT2D eigenvalue weighted by Gasteiger charge is -2.25. The molecule has 0 spiro atoms. The van der Waals surface area contributed by atoms with E-state index in [1.807, 2.05) is 0 Å². The number of benzene rings is 1. The van der Waals surface area contributed by atoms with Crippen LogP contribution in [0.5, 0.6) is 0 Å². The Morgan fingerprint density at radius 3 is 2.65 bits per heavy atom. The van der Waals surface area contributed by atoms with E-state index in [0.717, 1.165) is 37.8 Å². The molecule has 0 aromatic heterocycles. The zero-order valence-corrected chi connectivity index (χ0v) is 10.4. The number of anilines is 1. The van der Waals surface area contributed by atoms with Gasteiger partial charge in [-0.05, 0) is 54.4 Å². The Labute approximate surface area is 101 Å². The molecular weight excluding hydrogens is 232 g/mol. The van der Waals surface area contributed by atoms with E-state index in [0.29, 0.717) is 0 Å². The fourth-order valence-electron chi connectivity index (χ4n) is 2.77. The lowest BCUT2D eigenvalue weighted by atomic mass is 9.83. The third-order valence-electron chi connectivity index (χ3n) is 3.62. The van der Waals surface area contributed by atoms with Crippen LogP contribution in [-0.4, -0.2) is 15.2 Å². The van der Waals surface area contributed by atoms with E-state index in [1.165, 1.54) is 22.3 Å². The van der Waals surface area contributed by atoms with Crippen molar-refractivity contribution >= 4 is 20.9 Å². The van der Waals surface area contributed by atoms with Gasteiger partial charge >= 0.3 is 15.2 Å². The number of nitrogens with zero attached hydrogens (tertiary/aromatic N) is 1. The summed E-state index contributed by atoms with van der Waals surface area (Å²) >= 11 is 0. The lowest BCUT2D eigenvalue weighted by Crippen LogP contribution is -2.18. The van der Waals surface area contributed by atoms with Gasteiger partial charge in [0.2, 0.25) is 0 Å². The Balaban J connectivity index is 2.03. The maximum absolute atomic E-state index is 11.4. The van der Waals surface area contributed by atoms with Crippen LogP contribution in [0.4, 0.5) is 10.5 Å². The fraction of sp³-hybridized carbons (Fsp3) is 0.417. The van der Waals surface area contributed by atoms with Crippen LogP contribution >= 0.6 is 0 Å². The van der Waals surface area contributed by atoms with E-state index in [1.54, 1.807) is 0 Å². The van der Waals surface area contributed by atoms with Crippen molar-refractivity contribution in [1.29, 1.82) is 0 Å². The molecule has 17 heavy (non-hydrogen) atoms. The molecule has 0 unspecified atom stereocenters. The molecule has 1 aromatic carbocycles. The normalized spacial score (nSPS) is 15.3. The topological polar surface area (TPSA) is 58.5 Å². The summed E-state index contributed by atoms with van der Waals surface area (Å²) in [7, 11) is -0.925. The second kappa shape index (κ2) is 4.07. The number of carbonyl (C=O) groups is 1. The van der Waals surface area contributed by atoms with Gasteiger partial charge < -0.3 is 9.78 Å². The van der Waals surface area contributed by atoms with Crippen LogP contribution in [0.25, 0.3) is 0 Å². The van der Waals surface area contributed by atoms with E-state index < -0.39 is 15.2 Å². The molecule has 86 valence electrons. The molecule has 0 fully saturated rings. The summed E-state index contributed by atoms with van der Waals surface area (Å²) in [5.74, 6) is 0. The minimum Gasteiger partial charge on any atom is -0.306 e. The number of carbonyl (C=O) groups excluding carboxylic acids is 1. The molecule has 1 N–H and O–H groups in total. The fourth-order valence-corrected chi connectivity index (χ4v) is 2.91. The first-order chi connectivity index (χ1) is 8.29. The quantitative estimate of drug-likeness (QED) is 0.768. The van der Waals surface area contributed by atoms with Crippen LogP contribution in [-0.2, 0) is 30.1 Å². The van der Waals surface area contributed by atoms with Crippen molar-refractivity contribution < 1.29 is 9.26 Å². The predicted octanol–water partition coefficient (Wildman–Crippen LogP) is 2.04. The second-order valence-electron chi connectivity index (χ2n) is 4.51. The standard InChI is InChI=1S/C12H12N2O2Si/c15-12(14-17-16)13-11-9-3-1-2-7(9)6-8-4-5-10(8)11/h6H,1-5H2,(H,13,15). The third kappa shape index (κ3) is 1.70. The molecule has 2 aliphatic rings. The number of urea groups is 1. The van der Waals surface area contributed by atoms with Gasteiger partial charge in [-0.3, -0.25) is 0 Å². The number of hydrogen-bond donors (Lipinski definition) is 1. The van der Waals surface area contributed by atoms with E-state index in [9.17, 15) is 9.26 Å². The van der Waals surface area contributed by atoms with Crippen molar-refractivity contribution in [2.24, 2.45) is 4.63 Å². The minimum atomic E-state index is -0.925. The van der Waals surface area contributed by atoms with Crippen LogP contribution in [0.3, 0.4) is 0 Å². The van der Waals surface area contributed by atoms with Gasteiger partial charge in [-0.25, -0.2) is 4.79 Å². The highest BCUT2D eigenvalue weighted by Gasteiger charge is 2.26. The van der Waals surface area contributed by atoms with Crippen LogP contribution < -0.4 is 5.32 Å². The molecular formula is C12H12N2O2Si. The van der Waals surface area contributed by atoms with E-state index in [4.69, 9.17) is 0 Å². The molecule has 5 heteroatoms. The van der Waals surface area contributed by atoms with E-state index in [-0.39, 0.29) is 0 Å². The van der Waals surface area contributed by atoms with Crippen LogP contribution in [0.15, 0.2) is 10.7 Å². The average Bonchev–Trinajstić information content (AvgIpc) is 2.71. The Kier molecular flexibility index (Phi) is 2.55. The highest BCUT2D eigenvalue weighted by molar-refractivity contribution is 6.11. The maximum Gasteiger partial charge on any atom is 0.398 e. The summed E-state index contributed by atoms with van der Waals surface area (Å²) in [5, 5.41) is 2.80. The van der Waals surface area contributed by atoms with E-state index in [2.05, 4.69) is 16.0 Å². The number of amides is 2. The summed E-state index contributed by atoms with van der Waals surface area (Å²) in [6.45, 7) is 0. The minimum absolute atomic E-state index is 0.493. The number of fused-ring (bicyclic) bond motifs is 2. The molecule has 0 radical (unpaired) electrons. The molecule has 0 heterocycles. The van der Waals surface area contributed by atoms with Crippen molar-refractivity contribution in [2.75, 3.05) is 5.32 Å². The molecule has 4 nitrogen and oxygen atoms in total. The van der Waals surface area contributed by atoms with E-state index >= 15 is 0 Å². The number of rotatable bonds is 1. The van der Waals surface area contributed by atoms with Gasteiger partial charge in [-0.1, -0.05) is 6.07 Å². The molecule has 0 bridgehead atoms. The zero-order valence-electron chi connectivity index (χ0n) is 9.38. The van der Waals surface area contributed by atoms with Gasteiger partial charge in [0.15, 0.2) is 0 Å². The lowest BCUT2D eigenvalue weighted by molar-refractivity contribution is 0.259. The highest BCUT2D eigenvalue weighted by atomic mass is 28.2. The first kappa shape index (κ1) is 10.6. The smallest absolute Gasteiger partial charge is 0.306 e. The molecule has 0 saturated heterocycles. The first-order valence-electron chi connectivity index (χ1n) is 5.85. The average molecular weight is 244 g/mol. The molecule has 1 aromatic rings. The third-order valence-corrected chi connectivity index (χ3v) is 3.92. The Morgan fingerprint density at radius 1 is 1.18 bits per heavy atom. The monoisotopic (exact) mass is 244 g/mol. The Hall–Kier alpha value is -1.49. The van der Waals surface area contributed by atoms with Crippen LogP contribution in [0.1, 0.15) is 28.7 Å². The Bertz CT molecular complexity index is 562. The summed E-state index contributed by atoms with van der Waals surface area (Å²) in [6, 6.07) is 1.79. The van der Waals surface area contributed by atoms with Gasteiger partial charge in [0.1, 0.15) is 0 Å². The SMILES string of the molecule is O=[Si]=NC(=O)Nc1c2c(cc3c1CC3)CCC2. The predicted molar refractivity (Wildman–Crippen MR) is 63.8 cm³/mol. The molecule has 0 aliphatic heterocycles. The molecule has 0 atom stereocenters. The number of nitrogens with one attached hydrogen (secondary N) is 1. The zero-order chi connectivity index (χ0) is 11.8. The molecule has 2 amide bonds. The molecule has 3 rings (SSSR count). The van der Waals surface area contributed by atoms with Gasteiger partial charge in [0.05, 0.1) is 0 Å². The second-order valence-corrected chi connectivity index (χ2v) is 4.92. The van der Waals surface area contributed by atoms with Gasteiger partial charge in [-0.15, -0.1) is 0 Å². The van der Waals surface area contributed by atoms with Gasteiger partial charge in [-0.2, -0.15) is 4.63 Å². The van der Waals surface area contributed by atoms with Gasteiger partial charge in [0, 0.05) is 5.69 Å². The van der Waals surface area contributed by atoms with Crippen molar-refractivity contribution in [3.05, 3.63) is 28.3 Å². The van der Waals surface area contributed by atoms with Crippen LogP contribution in [0, 0.1) is 0 Å². The molecule has 0 saturated carbocycles. The van der Waals surface area contributed by atoms with Crippen LogP contribution in [0.2, 0.25) is 0 Å². The highest BCUT2D eigenvalue weighted by Crippen LogP contribution is 2.39. The summed E-state index contributed by atoms with van der Waals surface area (Å²) < 4.78 is 13.7. The summed E-state index contributed by atoms with van der Waals surface area (Å²) in [4.78, 5) is 11.4. The number of aryl methyl sites for hydroxylation is 2. The van der Waals surface area contributed by atoms with Crippen molar-refractivity contribution in [2.45, 2.75) is 32.1 Å². The van der Waals surface area contributed by atoms with Gasteiger partial charge in [0.25, 0.3) is 0 Å². The van der Waals surface area contributed by atoms with Crippen molar-refractivity contribution in [1.82, 2.24) is 0 Å².